The summed E-state index contributed by atoms with van der Waals surface area (Å²) in [5.41, 5.74) is 3.98. The van der Waals surface area contributed by atoms with Crippen molar-refractivity contribution in [3.63, 3.8) is 0 Å². The number of hydrogen-bond donors (Lipinski definition) is 1. The van der Waals surface area contributed by atoms with Crippen LogP contribution in [-0.4, -0.2) is 23.4 Å². The number of aryl methyl sites for hydroxylation is 2. The van der Waals surface area contributed by atoms with Gasteiger partial charge >= 0.3 is 0 Å². The molecule has 5 heteroatoms. The summed E-state index contributed by atoms with van der Waals surface area (Å²) in [7, 11) is 0. The Morgan fingerprint density at radius 1 is 1.22 bits per heavy atom. The van der Waals surface area contributed by atoms with Crippen molar-refractivity contribution in [3.05, 3.63) is 46.6 Å². The van der Waals surface area contributed by atoms with E-state index in [9.17, 15) is 0 Å². The van der Waals surface area contributed by atoms with Gasteiger partial charge in [-0.2, -0.15) is 4.98 Å². The summed E-state index contributed by atoms with van der Waals surface area (Å²) in [5.74, 6) is 1.85. The van der Waals surface area contributed by atoms with Gasteiger partial charge in [-0.25, -0.2) is 0 Å². The van der Waals surface area contributed by atoms with Gasteiger partial charge in [0.15, 0.2) is 5.82 Å². The van der Waals surface area contributed by atoms with E-state index in [0.29, 0.717) is 17.6 Å². The van der Waals surface area contributed by atoms with Gasteiger partial charge in [0.2, 0.25) is 5.89 Å². The van der Waals surface area contributed by atoms with Crippen LogP contribution in [0.2, 0.25) is 0 Å². The third-order valence-corrected chi connectivity index (χ3v) is 4.78. The molecule has 1 N–H and O–H groups in total. The molecule has 1 unspecified atom stereocenters. The van der Waals surface area contributed by atoms with E-state index in [4.69, 9.17) is 9.26 Å². The van der Waals surface area contributed by atoms with E-state index in [2.05, 4.69) is 47.5 Å². The standard InChI is InChI=1S/C18H25N3O2/c1-12-5-4-6-16(13(12)2)11-19-17(15-7-9-22-10-8-15)18-20-14(3)21-23-18/h4-6,15,17,19H,7-11H2,1-3H3. The van der Waals surface area contributed by atoms with Crippen molar-refractivity contribution in [2.45, 2.75) is 46.2 Å². The van der Waals surface area contributed by atoms with Crippen LogP contribution in [0, 0.1) is 26.7 Å². The van der Waals surface area contributed by atoms with Crippen molar-refractivity contribution in [1.82, 2.24) is 15.5 Å². The van der Waals surface area contributed by atoms with E-state index < -0.39 is 0 Å². The first-order chi connectivity index (χ1) is 11.1. The summed E-state index contributed by atoms with van der Waals surface area (Å²) in [6.45, 7) is 8.59. The van der Waals surface area contributed by atoms with Gasteiger partial charge in [0.05, 0.1) is 6.04 Å². The maximum absolute atomic E-state index is 5.49. The van der Waals surface area contributed by atoms with E-state index in [1.54, 1.807) is 0 Å². The van der Waals surface area contributed by atoms with E-state index in [1.807, 2.05) is 6.92 Å². The van der Waals surface area contributed by atoms with Crippen LogP contribution in [0.4, 0.5) is 0 Å². The second-order valence-electron chi connectivity index (χ2n) is 6.35. The van der Waals surface area contributed by atoms with Crippen molar-refractivity contribution < 1.29 is 9.26 Å². The molecule has 2 aromatic rings. The molecule has 1 aromatic heterocycles. The lowest BCUT2D eigenvalue weighted by Crippen LogP contribution is -2.32. The van der Waals surface area contributed by atoms with Gasteiger partial charge in [0, 0.05) is 19.8 Å². The van der Waals surface area contributed by atoms with Gasteiger partial charge < -0.3 is 14.6 Å². The van der Waals surface area contributed by atoms with Crippen molar-refractivity contribution in [2.75, 3.05) is 13.2 Å². The number of hydrogen-bond acceptors (Lipinski definition) is 5. The monoisotopic (exact) mass is 315 g/mol. The van der Waals surface area contributed by atoms with E-state index >= 15 is 0 Å². The van der Waals surface area contributed by atoms with Crippen molar-refractivity contribution in [2.24, 2.45) is 5.92 Å². The Morgan fingerprint density at radius 3 is 2.70 bits per heavy atom. The second kappa shape index (κ2) is 7.23. The van der Waals surface area contributed by atoms with Crippen molar-refractivity contribution in [3.8, 4) is 0 Å². The average Bonchev–Trinajstić information content (AvgIpc) is 2.99. The molecule has 1 aromatic carbocycles. The zero-order valence-corrected chi connectivity index (χ0v) is 14.1. The molecule has 2 heterocycles. The molecule has 1 fully saturated rings. The molecule has 3 rings (SSSR count). The fourth-order valence-corrected chi connectivity index (χ4v) is 3.17. The normalized spacial score (nSPS) is 17.3. The summed E-state index contributed by atoms with van der Waals surface area (Å²) in [6, 6.07) is 6.52. The Kier molecular flexibility index (Phi) is 5.08. The predicted octanol–water partition coefficient (Wildman–Crippen LogP) is 3.25. The van der Waals surface area contributed by atoms with Gasteiger partial charge in [-0.15, -0.1) is 0 Å². The number of nitrogens with one attached hydrogen (secondary N) is 1. The van der Waals surface area contributed by atoms with Gasteiger partial charge in [-0.3, -0.25) is 0 Å². The Bertz CT molecular complexity index is 647. The molecule has 0 spiro atoms. The largest absolute Gasteiger partial charge is 0.381 e. The number of rotatable bonds is 5. The average molecular weight is 315 g/mol. The maximum atomic E-state index is 5.49. The molecule has 0 aliphatic carbocycles. The van der Waals surface area contributed by atoms with Crippen LogP contribution in [0.25, 0.3) is 0 Å². The minimum Gasteiger partial charge on any atom is -0.381 e. The summed E-state index contributed by atoms with van der Waals surface area (Å²) >= 11 is 0. The van der Waals surface area contributed by atoms with Crippen LogP contribution in [-0.2, 0) is 11.3 Å². The molecular weight excluding hydrogens is 290 g/mol. The molecular formula is C18H25N3O2. The van der Waals surface area contributed by atoms with Gasteiger partial charge in [-0.05, 0) is 56.2 Å². The molecule has 1 saturated heterocycles. The van der Waals surface area contributed by atoms with Crippen LogP contribution in [0.3, 0.4) is 0 Å². The first-order valence-corrected chi connectivity index (χ1v) is 8.31. The fraction of sp³-hybridized carbons (Fsp3) is 0.556. The molecule has 23 heavy (non-hydrogen) atoms. The lowest BCUT2D eigenvalue weighted by atomic mass is 9.91. The Hall–Kier alpha value is -1.72. The highest BCUT2D eigenvalue weighted by Gasteiger charge is 2.29. The summed E-state index contributed by atoms with van der Waals surface area (Å²) < 4.78 is 11.0. The van der Waals surface area contributed by atoms with Gasteiger partial charge in [0.25, 0.3) is 0 Å². The zero-order chi connectivity index (χ0) is 16.2. The number of benzene rings is 1. The van der Waals surface area contributed by atoms with Gasteiger partial charge in [-0.1, -0.05) is 23.4 Å². The smallest absolute Gasteiger partial charge is 0.244 e. The molecule has 124 valence electrons. The molecule has 0 saturated carbocycles. The minimum absolute atomic E-state index is 0.0833. The number of ether oxygens (including phenoxy) is 1. The molecule has 0 bridgehead atoms. The molecule has 1 atom stereocenters. The van der Waals surface area contributed by atoms with Crippen molar-refractivity contribution in [1.29, 1.82) is 0 Å². The Labute approximate surface area is 137 Å². The lowest BCUT2D eigenvalue weighted by molar-refractivity contribution is 0.0485. The minimum atomic E-state index is 0.0833. The summed E-state index contributed by atoms with van der Waals surface area (Å²) in [4.78, 5) is 4.46. The first kappa shape index (κ1) is 16.1. The Morgan fingerprint density at radius 2 is 2.00 bits per heavy atom. The third kappa shape index (κ3) is 3.79. The third-order valence-electron chi connectivity index (χ3n) is 4.78. The molecule has 0 radical (unpaired) electrons. The van der Waals surface area contributed by atoms with E-state index in [0.717, 1.165) is 32.6 Å². The zero-order valence-electron chi connectivity index (χ0n) is 14.1. The van der Waals surface area contributed by atoms with Crippen LogP contribution >= 0.6 is 0 Å². The summed E-state index contributed by atoms with van der Waals surface area (Å²) in [6.07, 6.45) is 2.04. The molecule has 5 nitrogen and oxygen atoms in total. The van der Waals surface area contributed by atoms with Crippen LogP contribution < -0.4 is 5.32 Å². The molecule has 1 aliphatic rings. The quantitative estimate of drug-likeness (QED) is 0.917. The highest BCUT2D eigenvalue weighted by molar-refractivity contribution is 5.33. The molecule has 0 amide bonds. The first-order valence-electron chi connectivity index (χ1n) is 8.31. The topological polar surface area (TPSA) is 60.2 Å². The number of aromatic nitrogens is 2. The number of nitrogens with zero attached hydrogens (tertiary/aromatic N) is 2. The van der Waals surface area contributed by atoms with Crippen molar-refractivity contribution >= 4 is 0 Å². The van der Waals surface area contributed by atoms with E-state index in [-0.39, 0.29) is 6.04 Å². The maximum Gasteiger partial charge on any atom is 0.244 e. The Balaban J connectivity index is 1.76. The van der Waals surface area contributed by atoms with Crippen LogP contribution in [0.15, 0.2) is 22.7 Å². The summed E-state index contributed by atoms with van der Waals surface area (Å²) in [5, 5.41) is 7.61. The van der Waals surface area contributed by atoms with E-state index in [1.165, 1.54) is 16.7 Å². The van der Waals surface area contributed by atoms with Crippen LogP contribution in [0.1, 0.15) is 47.3 Å². The predicted molar refractivity (Wildman–Crippen MR) is 88.1 cm³/mol. The van der Waals surface area contributed by atoms with Gasteiger partial charge in [0.1, 0.15) is 0 Å². The lowest BCUT2D eigenvalue weighted by Gasteiger charge is -2.29. The molecule has 1 aliphatic heterocycles. The highest BCUT2D eigenvalue weighted by Crippen LogP contribution is 2.29. The fourth-order valence-electron chi connectivity index (χ4n) is 3.17. The highest BCUT2D eigenvalue weighted by atomic mass is 16.5. The van der Waals surface area contributed by atoms with Crippen LogP contribution in [0.5, 0.6) is 0 Å². The SMILES string of the molecule is Cc1noc(C(NCc2cccc(C)c2C)C2CCOCC2)n1. The second-order valence-corrected chi connectivity index (χ2v) is 6.35.